The maximum atomic E-state index is 4.79. The Balaban J connectivity index is 1.89. The summed E-state index contributed by atoms with van der Waals surface area (Å²) in [6, 6.07) is 0.545. The molecule has 0 saturated heterocycles. The molecule has 1 fully saturated rings. The van der Waals surface area contributed by atoms with Crippen LogP contribution in [0.5, 0.6) is 0 Å². The molecule has 2 rings (SSSR count). The SMILES string of the molecule is CC(C)CNCc1csc(N(CC2CC2)C(C)C)n1. The van der Waals surface area contributed by atoms with Gasteiger partial charge in [-0.25, -0.2) is 4.98 Å². The van der Waals surface area contributed by atoms with Crippen LogP contribution in [-0.4, -0.2) is 24.1 Å². The number of hydrogen-bond acceptors (Lipinski definition) is 4. The first kappa shape index (κ1) is 14.8. The minimum Gasteiger partial charge on any atom is -0.345 e. The summed E-state index contributed by atoms with van der Waals surface area (Å²) in [6.07, 6.45) is 2.80. The molecule has 0 atom stereocenters. The average Bonchev–Trinajstić information content (AvgIpc) is 3.04. The summed E-state index contributed by atoms with van der Waals surface area (Å²) in [5, 5.41) is 6.86. The van der Waals surface area contributed by atoms with E-state index in [0.717, 1.165) is 19.0 Å². The molecule has 1 aromatic heterocycles. The number of anilines is 1. The Morgan fingerprint density at radius 3 is 2.68 bits per heavy atom. The molecule has 1 heterocycles. The summed E-state index contributed by atoms with van der Waals surface area (Å²) < 4.78 is 0. The highest BCUT2D eigenvalue weighted by Gasteiger charge is 2.26. The van der Waals surface area contributed by atoms with E-state index in [1.807, 2.05) is 0 Å². The van der Waals surface area contributed by atoms with E-state index in [0.29, 0.717) is 12.0 Å². The molecule has 0 amide bonds. The molecule has 108 valence electrons. The lowest BCUT2D eigenvalue weighted by Gasteiger charge is -2.26. The van der Waals surface area contributed by atoms with Crippen LogP contribution in [0.1, 0.15) is 46.2 Å². The van der Waals surface area contributed by atoms with Gasteiger partial charge in [0.1, 0.15) is 0 Å². The number of hydrogen-bond donors (Lipinski definition) is 1. The van der Waals surface area contributed by atoms with Gasteiger partial charge in [-0.2, -0.15) is 0 Å². The zero-order chi connectivity index (χ0) is 13.8. The fourth-order valence-electron chi connectivity index (χ4n) is 2.09. The van der Waals surface area contributed by atoms with Crippen molar-refractivity contribution in [3.8, 4) is 0 Å². The van der Waals surface area contributed by atoms with Gasteiger partial charge >= 0.3 is 0 Å². The Morgan fingerprint density at radius 1 is 1.37 bits per heavy atom. The van der Waals surface area contributed by atoms with Gasteiger partial charge in [0.15, 0.2) is 5.13 Å². The molecule has 0 radical (unpaired) electrons. The van der Waals surface area contributed by atoms with Crippen LogP contribution in [0.25, 0.3) is 0 Å². The highest BCUT2D eigenvalue weighted by Crippen LogP contribution is 2.33. The van der Waals surface area contributed by atoms with Crippen LogP contribution < -0.4 is 10.2 Å². The van der Waals surface area contributed by atoms with E-state index < -0.39 is 0 Å². The van der Waals surface area contributed by atoms with Gasteiger partial charge in [-0.05, 0) is 45.1 Å². The van der Waals surface area contributed by atoms with Crippen LogP contribution in [-0.2, 0) is 6.54 Å². The molecule has 0 unspecified atom stereocenters. The summed E-state index contributed by atoms with van der Waals surface area (Å²) in [5.74, 6) is 1.61. The van der Waals surface area contributed by atoms with Crippen LogP contribution in [0.4, 0.5) is 5.13 Å². The Kier molecular flexibility index (Phi) is 5.22. The second-order valence-corrected chi connectivity index (χ2v) is 7.17. The molecule has 1 N–H and O–H groups in total. The molecule has 19 heavy (non-hydrogen) atoms. The fourth-order valence-corrected chi connectivity index (χ4v) is 3.05. The standard InChI is InChI=1S/C15H27N3S/c1-11(2)7-16-8-14-10-19-15(17-14)18(12(3)4)9-13-5-6-13/h10-13,16H,5-9H2,1-4H3. The highest BCUT2D eigenvalue weighted by molar-refractivity contribution is 7.13. The van der Waals surface area contributed by atoms with Crippen molar-refractivity contribution in [2.24, 2.45) is 11.8 Å². The normalized spacial score (nSPS) is 15.5. The van der Waals surface area contributed by atoms with Crippen LogP contribution in [0.15, 0.2) is 5.38 Å². The lowest BCUT2D eigenvalue weighted by molar-refractivity contribution is 0.548. The number of nitrogens with one attached hydrogen (secondary N) is 1. The third-order valence-corrected chi connectivity index (χ3v) is 4.35. The first-order valence-corrected chi connectivity index (χ1v) is 8.36. The van der Waals surface area contributed by atoms with Crippen molar-refractivity contribution in [2.75, 3.05) is 18.0 Å². The lowest BCUT2D eigenvalue weighted by atomic mass is 10.2. The fraction of sp³-hybridized carbons (Fsp3) is 0.800. The van der Waals surface area contributed by atoms with Crippen LogP contribution in [0.2, 0.25) is 0 Å². The van der Waals surface area contributed by atoms with E-state index in [1.165, 1.54) is 30.2 Å². The van der Waals surface area contributed by atoms with E-state index in [-0.39, 0.29) is 0 Å². The van der Waals surface area contributed by atoms with E-state index >= 15 is 0 Å². The molecule has 0 spiro atoms. The van der Waals surface area contributed by atoms with Crippen molar-refractivity contribution >= 4 is 16.5 Å². The predicted molar refractivity (Wildman–Crippen MR) is 83.9 cm³/mol. The van der Waals surface area contributed by atoms with Crippen molar-refractivity contribution < 1.29 is 0 Å². The third kappa shape index (κ3) is 4.77. The van der Waals surface area contributed by atoms with E-state index in [1.54, 1.807) is 11.3 Å². The second-order valence-electron chi connectivity index (χ2n) is 6.34. The average molecular weight is 281 g/mol. The second kappa shape index (κ2) is 6.71. The van der Waals surface area contributed by atoms with Gasteiger partial charge in [0.05, 0.1) is 5.69 Å². The van der Waals surface area contributed by atoms with Gasteiger partial charge in [0.2, 0.25) is 0 Å². The van der Waals surface area contributed by atoms with Gasteiger partial charge in [0, 0.05) is 24.5 Å². The molecule has 1 aromatic rings. The molecule has 1 aliphatic rings. The lowest BCUT2D eigenvalue weighted by Crippen LogP contribution is -2.32. The summed E-state index contributed by atoms with van der Waals surface area (Å²) in [4.78, 5) is 7.26. The van der Waals surface area contributed by atoms with Gasteiger partial charge in [-0.3, -0.25) is 0 Å². The van der Waals surface area contributed by atoms with Crippen molar-refractivity contribution in [2.45, 2.75) is 53.1 Å². The molecule has 1 aliphatic carbocycles. The number of thiazole rings is 1. The molecule has 1 saturated carbocycles. The Hall–Kier alpha value is -0.610. The van der Waals surface area contributed by atoms with Crippen LogP contribution in [0, 0.1) is 11.8 Å². The third-order valence-electron chi connectivity index (χ3n) is 3.42. The van der Waals surface area contributed by atoms with Crippen molar-refractivity contribution in [1.29, 1.82) is 0 Å². The zero-order valence-electron chi connectivity index (χ0n) is 12.6. The molecule has 0 aliphatic heterocycles. The molecule has 4 heteroatoms. The quantitative estimate of drug-likeness (QED) is 0.790. The Bertz CT molecular complexity index is 382. The van der Waals surface area contributed by atoms with Crippen molar-refractivity contribution in [3.05, 3.63) is 11.1 Å². The zero-order valence-corrected chi connectivity index (χ0v) is 13.5. The molecular weight excluding hydrogens is 254 g/mol. The van der Waals surface area contributed by atoms with Gasteiger partial charge in [-0.15, -0.1) is 11.3 Å². The van der Waals surface area contributed by atoms with Crippen molar-refractivity contribution in [1.82, 2.24) is 10.3 Å². The first-order chi connectivity index (χ1) is 9.06. The molecular formula is C15H27N3S. The summed E-state index contributed by atoms with van der Waals surface area (Å²) in [6.45, 7) is 12.1. The summed E-state index contributed by atoms with van der Waals surface area (Å²) in [5.41, 5.74) is 1.18. The molecule has 0 aromatic carbocycles. The minimum atomic E-state index is 0.545. The maximum Gasteiger partial charge on any atom is 0.185 e. The smallest absolute Gasteiger partial charge is 0.185 e. The largest absolute Gasteiger partial charge is 0.345 e. The first-order valence-electron chi connectivity index (χ1n) is 7.48. The Morgan fingerprint density at radius 2 is 2.11 bits per heavy atom. The monoisotopic (exact) mass is 281 g/mol. The summed E-state index contributed by atoms with van der Waals surface area (Å²) >= 11 is 1.79. The molecule has 3 nitrogen and oxygen atoms in total. The summed E-state index contributed by atoms with van der Waals surface area (Å²) in [7, 11) is 0. The topological polar surface area (TPSA) is 28.2 Å². The van der Waals surface area contributed by atoms with Gasteiger partial charge < -0.3 is 10.2 Å². The maximum absolute atomic E-state index is 4.79. The van der Waals surface area contributed by atoms with Gasteiger partial charge in [0.25, 0.3) is 0 Å². The highest BCUT2D eigenvalue weighted by atomic mass is 32.1. The van der Waals surface area contributed by atoms with Crippen LogP contribution >= 0.6 is 11.3 Å². The molecule has 0 bridgehead atoms. The van der Waals surface area contributed by atoms with E-state index in [9.17, 15) is 0 Å². The van der Waals surface area contributed by atoms with E-state index in [2.05, 4.69) is 43.3 Å². The van der Waals surface area contributed by atoms with Crippen LogP contribution in [0.3, 0.4) is 0 Å². The number of aromatic nitrogens is 1. The number of rotatable bonds is 8. The number of nitrogens with zero attached hydrogens (tertiary/aromatic N) is 2. The van der Waals surface area contributed by atoms with Crippen molar-refractivity contribution in [3.63, 3.8) is 0 Å². The Labute approximate surface area is 121 Å². The van der Waals surface area contributed by atoms with Gasteiger partial charge in [-0.1, -0.05) is 13.8 Å². The van der Waals surface area contributed by atoms with E-state index in [4.69, 9.17) is 4.98 Å². The minimum absolute atomic E-state index is 0.545. The predicted octanol–water partition coefficient (Wildman–Crippen LogP) is 3.51.